The van der Waals surface area contributed by atoms with Crippen LogP contribution in [0.1, 0.15) is 36.1 Å². The van der Waals surface area contributed by atoms with Gasteiger partial charge < -0.3 is 0 Å². The molecule has 0 aromatic heterocycles. The average Bonchev–Trinajstić information content (AvgIpc) is 2.68. The Morgan fingerprint density at radius 3 is 1.93 bits per heavy atom. The number of rotatable bonds is 3. The topological polar surface area (TPSA) is 61.2 Å². The van der Waals surface area contributed by atoms with Gasteiger partial charge in [0, 0.05) is 19.8 Å². The highest BCUT2D eigenvalue weighted by Gasteiger charge is 2.38. The second-order valence-corrected chi connectivity index (χ2v) is 7.58. The van der Waals surface area contributed by atoms with Crippen molar-refractivity contribution >= 4 is 23.6 Å². The van der Waals surface area contributed by atoms with Gasteiger partial charge in [-0.25, -0.2) is 4.90 Å². The van der Waals surface area contributed by atoms with Crippen molar-refractivity contribution in [3.63, 3.8) is 0 Å². The molecule has 2 aromatic rings. The van der Waals surface area contributed by atoms with Crippen molar-refractivity contribution in [3.05, 3.63) is 82.9 Å². The lowest BCUT2D eigenvalue weighted by atomic mass is 9.82. The zero-order valence-electron chi connectivity index (χ0n) is 15.2. The predicted octanol–water partition coefficient (Wildman–Crippen LogP) is 4.63. The smallest absolute Gasteiger partial charge is 0.231 e. The molecule has 2 amide bonds. The summed E-state index contributed by atoms with van der Waals surface area (Å²) in [6, 6.07) is 22.0. The van der Waals surface area contributed by atoms with E-state index in [1.54, 1.807) is 0 Å². The Bertz CT molecular complexity index is 889. The van der Waals surface area contributed by atoms with E-state index in [1.807, 2.05) is 66.7 Å². The molecular formula is C22H20N2O2S. The van der Waals surface area contributed by atoms with Crippen molar-refractivity contribution in [2.75, 3.05) is 0 Å². The molecule has 1 aliphatic heterocycles. The van der Waals surface area contributed by atoms with Gasteiger partial charge in [0.05, 0.1) is 22.3 Å². The summed E-state index contributed by atoms with van der Waals surface area (Å²) in [5.41, 5.74) is 2.00. The minimum atomic E-state index is -0.324. The lowest BCUT2D eigenvalue weighted by molar-refractivity contribution is -0.139. The summed E-state index contributed by atoms with van der Waals surface area (Å²) >= 11 is 1.40. The molecule has 3 atom stereocenters. The molecule has 0 N–H and O–H groups in total. The molecule has 0 aliphatic carbocycles. The number of amides is 2. The third-order valence-electron chi connectivity index (χ3n) is 4.59. The lowest BCUT2D eigenvalue weighted by Gasteiger charge is -2.35. The van der Waals surface area contributed by atoms with E-state index < -0.39 is 0 Å². The summed E-state index contributed by atoms with van der Waals surface area (Å²) in [7, 11) is 0. The Morgan fingerprint density at radius 2 is 1.44 bits per heavy atom. The van der Waals surface area contributed by atoms with Crippen LogP contribution in [0.15, 0.2) is 71.8 Å². The Kier molecular flexibility index (Phi) is 5.78. The molecule has 3 rings (SSSR count). The molecule has 0 saturated carbocycles. The Morgan fingerprint density at radius 1 is 0.926 bits per heavy atom. The summed E-state index contributed by atoms with van der Waals surface area (Å²) < 4.78 is 0. The van der Waals surface area contributed by atoms with E-state index in [-0.39, 0.29) is 28.9 Å². The van der Waals surface area contributed by atoms with E-state index >= 15 is 0 Å². The monoisotopic (exact) mass is 376 g/mol. The van der Waals surface area contributed by atoms with Crippen molar-refractivity contribution in [3.8, 4) is 6.07 Å². The van der Waals surface area contributed by atoms with E-state index in [0.29, 0.717) is 5.03 Å². The summed E-state index contributed by atoms with van der Waals surface area (Å²) in [6.07, 6.45) is 1.89. The van der Waals surface area contributed by atoms with Crippen molar-refractivity contribution in [1.82, 2.24) is 4.90 Å². The second-order valence-electron chi connectivity index (χ2n) is 6.42. The zero-order chi connectivity index (χ0) is 19.4. The van der Waals surface area contributed by atoms with Crippen LogP contribution in [0.3, 0.4) is 0 Å². The van der Waals surface area contributed by atoms with Gasteiger partial charge in [-0.3, -0.25) is 9.59 Å². The van der Waals surface area contributed by atoms with E-state index in [2.05, 4.69) is 6.07 Å². The first-order valence-electron chi connectivity index (χ1n) is 8.72. The number of nitrogens with zero attached hydrogens (tertiary/aromatic N) is 2. The SMILES string of the molecule is CC(=O)N(C(C)=O)C1=C[C@@H](c2ccccc2)[C@H](C#N)[C@H](c2ccccc2)S1. The number of allylic oxidation sites excluding steroid dienone is 1. The molecule has 0 bridgehead atoms. The number of carbonyl (C=O) groups is 2. The van der Waals surface area contributed by atoms with E-state index in [9.17, 15) is 14.9 Å². The molecule has 136 valence electrons. The highest BCUT2D eigenvalue weighted by Crippen LogP contribution is 2.51. The minimum absolute atomic E-state index is 0.178. The second kappa shape index (κ2) is 8.24. The average molecular weight is 376 g/mol. The Balaban J connectivity index is 2.14. The van der Waals surface area contributed by atoms with Crippen LogP contribution in [-0.4, -0.2) is 16.7 Å². The van der Waals surface area contributed by atoms with Crippen molar-refractivity contribution in [2.45, 2.75) is 25.0 Å². The van der Waals surface area contributed by atoms with Crippen LogP contribution in [0.25, 0.3) is 0 Å². The Labute approximate surface area is 163 Å². The molecule has 0 fully saturated rings. The van der Waals surface area contributed by atoms with Crippen LogP contribution >= 0.6 is 11.8 Å². The standard InChI is InChI=1S/C22H20N2O2S/c1-15(25)24(16(2)26)21-13-19(17-9-5-3-6-10-17)20(14-23)22(27-21)18-11-7-4-8-12-18/h3-13,19-20,22H,1-2H3/t19-,20-,22-/m0/s1. The molecule has 1 aliphatic rings. The van der Waals surface area contributed by atoms with Crippen molar-refractivity contribution in [1.29, 1.82) is 5.26 Å². The number of hydrogen-bond donors (Lipinski definition) is 0. The van der Waals surface area contributed by atoms with Crippen molar-refractivity contribution < 1.29 is 9.59 Å². The van der Waals surface area contributed by atoms with Gasteiger partial charge in [-0.1, -0.05) is 72.4 Å². The lowest BCUT2D eigenvalue weighted by Crippen LogP contribution is -2.34. The normalized spacial score (nSPS) is 21.7. The maximum Gasteiger partial charge on any atom is 0.231 e. The molecule has 0 radical (unpaired) electrons. The highest BCUT2D eigenvalue weighted by molar-refractivity contribution is 8.03. The molecule has 0 spiro atoms. The predicted molar refractivity (Wildman–Crippen MR) is 106 cm³/mol. The van der Waals surface area contributed by atoms with E-state index in [4.69, 9.17) is 0 Å². The third kappa shape index (κ3) is 3.96. The third-order valence-corrected chi connectivity index (χ3v) is 5.97. The van der Waals surface area contributed by atoms with Gasteiger partial charge in [0.15, 0.2) is 0 Å². The molecule has 1 heterocycles. The Hall–Kier alpha value is -2.84. The highest BCUT2D eigenvalue weighted by atomic mass is 32.2. The first-order valence-corrected chi connectivity index (χ1v) is 9.60. The van der Waals surface area contributed by atoms with Crippen LogP contribution in [0.5, 0.6) is 0 Å². The van der Waals surface area contributed by atoms with Crippen molar-refractivity contribution in [2.24, 2.45) is 5.92 Å². The fourth-order valence-electron chi connectivity index (χ4n) is 3.39. The van der Waals surface area contributed by atoms with E-state index in [0.717, 1.165) is 11.1 Å². The van der Waals surface area contributed by atoms with Gasteiger partial charge in [0.25, 0.3) is 0 Å². The molecule has 4 nitrogen and oxygen atoms in total. The molecule has 5 heteroatoms. The summed E-state index contributed by atoms with van der Waals surface area (Å²) in [4.78, 5) is 25.4. The van der Waals surface area contributed by atoms with Crippen LogP contribution < -0.4 is 0 Å². The van der Waals surface area contributed by atoms with Gasteiger partial charge in [-0.15, -0.1) is 0 Å². The number of nitriles is 1. The number of hydrogen-bond acceptors (Lipinski definition) is 4. The summed E-state index contributed by atoms with van der Waals surface area (Å²) in [5.74, 6) is -1.17. The largest absolute Gasteiger partial charge is 0.274 e. The molecule has 0 saturated heterocycles. The van der Waals surface area contributed by atoms with Crippen LogP contribution in [0.2, 0.25) is 0 Å². The molecule has 2 aromatic carbocycles. The van der Waals surface area contributed by atoms with Gasteiger partial charge in [-0.05, 0) is 17.2 Å². The first-order chi connectivity index (χ1) is 13.0. The van der Waals surface area contributed by atoms with Gasteiger partial charge in [0.2, 0.25) is 11.8 Å². The van der Waals surface area contributed by atoms with Crippen LogP contribution in [-0.2, 0) is 9.59 Å². The molecule has 27 heavy (non-hydrogen) atoms. The van der Waals surface area contributed by atoms with Gasteiger partial charge in [0.1, 0.15) is 0 Å². The van der Waals surface area contributed by atoms with Crippen LogP contribution in [0.4, 0.5) is 0 Å². The summed E-state index contributed by atoms with van der Waals surface area (Å²) in [5, 5.41) is 10.4. The number of carbonyl (C=O) groups excluding carboxylic acids is 2. The number of benzene rings is 2. The quantitative estimate of drug-likeness (QED) is 0.783. The van der Waals surface area contributed by atoms with Crippen LogP contribution in [0, 0.1) is 17.2 Å². The first kappa shape index (κ1) is 18.9. The maximum absolute atomic E-state index is 12.1. The minimum Gasteiger partial charge on any atom is -0.274 e. The fraction of sp³-hybridized carbons (Fsp3) is 0.227. The molecule has 0 unspecified atom stereocenters. The number of thioether (sulfide) groups is 1. The zero-order valence-corrected chi connectivity index (χ0v) is 16.0. The molecular weight excluding hydrogens is 356 g/mol. The van der Waals surface area contributed by atoms with E-state index in [1.165, 1.54) is 30.5 Å². The maximum atomic E-state index is 12.1. The summed E-state index contributed by atoms with van der Waals surface area (Å²) in [6.45, 7) is 2.77. The number of imide groups is 1. The van der Waals surface area contributed by atoms with Gasteiger partial charge in [-0.2, -0.15) is 5.26 Å². The fourth-order valence-corrected chi connectivity index (χ4v) is 4.91. The van der Waals surface area contributed by atoms with Gasteiger partial charge >= 0.3 is 0 Å².